The van der Waals surface area contributed by atoms with Crippen LogP contribution >= 0.6 is 11.6 Å². The van der Waals surface area contributed by atoms with Gasteiger partial charge >= 0.3 is 0 Å². The van der Waals surface area contributed by atoms with E-state index < -0.39 is 5.82 Å². The summed E-state index contributed by atoms with van der Waals surface area (Å²) >= 11 is 6.31. The highest BCUT2D eigenvalue weighted by atomic mass is 35.5. The zero-order valence-corrected chi connectivity index (χ0v) is 19.8. The van der Waals surface area contributed by atoms with Gasteiger partial charge in [-0.25, -0.2) is 4.39 Å². The van der Waals surface area contributed by atoms with E-state index in [1.54, 1.807) is 18.2 Å². The zero-order chi connectivity index (χ0) is 23.7. The number of nitrogens with zero attached hydrogens (tertiary/aromatic N) is 1. The first kappa shape index (κ1) is 22.9. The second-order valence-electron chi connectivity index (χ2n) is 8.93. The highest BCUT2D eigenvalue weighted by Crippen LogP contribution is 2.41. The fourth-order valence-corrected chi connectivity index (χ4v) is 5.20. The Morgan fingerprint density at radius 3 is 2.88 bits per heavy atom. The third kappa shape index (κ3) is 4.68. The lowest BCUT2D eigenvalue weighted by molar-refractivity contribution is -0.118. The van der Waals surface area contributed by atoms with E-state index in [1.807, 2.05) is 25.1 Å². The molecule has 2 N–H and O–H groups in total. The summed E-state index contributed by atoms with van der Waals surface area (Å²) in [6.07, 6.45) is 2.53. The summed E-state index contributed by atoms with van der Waals surface area (Å²) in [5.74, 6) is 0.527. The molecule has 2 aliphatic heterocycles. The minimum atomic E-state index is -0.415. The van der Waals surface area contributed by atoms with Crippen LogP contribution in [0.1, 0.15) is 36.4 Å². The number of anilines is 1. The van der Waals surface area contributed by atoms with Crippen LogP contribution in [0.15, 0.2) is 36.4 Å². The van der Waals surface area contributed by atoms with Crippen molar-refractivity contribution in [3.05, 3.63) is 58.5 Å². The van der Waals surface area contributed by atoms with Crippen LogP contribution < -0.4 is 20.1 Å². The average molecular weight is 484 g/mol. The van der Waals surface area contributed by atoms with Crippen molar-refractivity contribution in [1.82, 2.24) is 10.3 Å². The number of halogens is 2. The van der Waals surface area contributed by atoms with E-state index in [0.29, 0.717) is 41.0 Å². The molecule has 34 heavy (non-hydrogen) atoms. The van der Waals surface area contributed by atoms with E-state index >= 15 is 4.39 Å². The van der Waals surface area contributed by atoms with E-state index in [2.05, 4.69) is 15.6 Å². The Kier molecular flexibility index (Phi) is 6.57. The molecule has 1 fully saturated rings. The Bertz CT molecular complexity index is 1220. The number of amides is 1. The Morgan fingerprint density at radius 1 is 1.24 bits per heavy atom. The van der Waals surface area contributed by atoms with Gasteiger partial charge in [0.15, 0.2) is 12.4 Å². The number of nitrogens with one attached hydrogen (secondary N) is 2. The van der Waals surface area contributed by atoms with Gasteiger partial charge in [0.2, 0.25) is 0 Å². The molecule has 8 heteroatoms. The Labute approximate surface area is 202 Å². The van der Waals surface area contributed by atoms with Crippen molar-refractivity contribution in [2.45, 2.75) is 32.1 Å². The second kappa shape index (κ2) is 9.76. The predicted molar refractivity (Wildman–Crippen MR) is 130 cm³/mol. The molecule has 1 amide bonds. The Balaban J connectivity index is 1.41. The standard InChI is InChI=1S/C26H27ClFN3O3/c1-15-2-3-20-21(30-15)12-17(27)13-23(20)33-11-8-18(16-6-9-29-10-7-16)19-4-5-22-26(25(19)28)31-24(32)14-34-22/h2-5,12-13,16,18,29H,6-11,14H2,1H3,(H,31,32). The molecule has 0 bridgehead atoms. The van der Waals surface area contributed by atoms with Gasteiger partial charge in [0, 0.05) is 16.1 Å². The van der Waals surface area contributed by atoms with E-state index in [4.69, 9.17) is 21.1 Å². The van der Waals surface area contributed by atoms with E-state index in [9.17, 15) is 4.79 Å². The smallest absolute Gasteiger partial charge is 0.262 e. The molecule has 0 spiro atoms. The van der Waals surface area contributed by atoms with Crippen LogP contribution in [0.4, 0.5) is 10.1 Å². The van der Waals surface area contributed by atoms with Gasteiger partial charge in [-0.2, -0.15) is 0 Å². The molecule has 3 heterocycles. The quantitative estimate of drug-likeness (QED) is 0.503. The Morgan fingerprint density at radius 2 is 2.06 bits per heavy atom. The maximum Gasteiger partial charge on any atom is 0.262 e. The van der Waals surface area contributed by atoms with Gasteiger partial charge < -0.3 is 20.1 Å². The molecule has 1 aromatic heterocycles. The first-order valence-corrected chi connectivity index (χ1v) is 12.0. The fourth-order valence-electron chi connectivity index (χ4n) is 4.99. The molecule has 3 aromatic rings. The molecule has 1 unspecified atom stereocenters. The number of aryl methyl sites for hydroxylation is 1. The summed E-state index contributed by atoms with van der Waals surface area (Å²) in [5, 5.41) is 7.47. The van der Waals surface area contributed by atoms with Gasteiger partial charge in [0.25, 0.3) is 5.91 Å². The van der Waals surface area contributed by atoms with Gasteiger partial charge in [-0.05, 0) is 87.0 Å². The lowest BCUT2D eigenvalue weighted by Crippen LogP contribution is -2.32. The number of fused-ring (bicyclic) bond motifs is 2. The fraction of sp³-hybridized carbons (Fsp3) is 0.385. The topological polar surface area (TPSA) is 72.5 Å². The SMILES string of the molecule is Cc1ccc2c(OCCC(c3ccc4c(c3F)NC(=O)CO4)C3CCNCC3)cc(Cl)cc2n1. The van der Waals surface area contributed by atoms with Gasteiger partial charge in [0.05, 0.1) is 12.1 Å². The predicted octanol–water partition coefficient (Wildman–Crippen LogP) is 5.22. The van der Waals surface area contributed by atoms with Crippen LogP contribution in [0, 0.1) is 18.7 Å². The molecule has 1 saturated heterocycles. The van der Waals surface area contributed by atoms with Crippen molar-refractivity contribution < 1.29 is 18.7 Å². The normalized spacial score (nSPS) is 17.1. The molecule has 5 rings (SSSR count). The van der Waals surface area contributed by atoms with Crippen molar-refractivity contribution >= 4 is 34.1 Å². The van der Waals surface area contributed by atoms with Crippen molar-refractivity contribution in [1.29, 1.82) is 0 Å². The third-order valence-electron chi connectivity index (χ3n) is 6.67. The van der Waals surface area contributed by atoms with Crippen LogP contribution in [-0.4, -0.2) is 37.2 Å². The van der Waals surface area contributed by atoms with Crippen molar-refractivity contribution in [2.75, 3.05) is 31.6 Å². The monoisotopic (exact) mass is 483 g/mol. The molecule has 0 radical (unpaired) electrons. The minimum absolute atomic E-state index is 0.0583. The molecule has 6 nitrogen and oxygen atoms in total. The summed E-state index contributed by atoms with van der Waals surface area (Å²) < 4.78 is 27.2. The zero-order valence-electron chi connectivity index (χ0n) is 19.0. The molecule has 178 valence electrons. The van der Waals surface area contributed by atoms with E-state index in [1.165, 1.54) is 0 Å². The maximum atomic E-state index is 15.6. The van der Waals surface area contributed by atoms with Gasteiger partial charge in [0.1, 0.15) is 17.2 Å². The van der Waals surface area contributed by atoms with Gasteiger partial charge in [-0.3, -0.25) is 9.78 Å². The first-order chi connectivity index (χ1) is 16.5. The van der Waals surface area contributed by atoms with Gasteiger partial charge in [-0.15, -0.1) is 0 Å². The second-order valence-corrected chi connectivity index (χ2v) is 9.37. The lowest BCUT2D eigenvalue weighted by atomic mass is 9.78. The number of hydrogen-bond acceptors (Lipinski definition) is 5. The highest BCUT2D eigenvalue weighted by molar-refractivity contribution is 6.31. The Hall–Kier alpha value is -2.90. The highest BCUT2D eigenvalue weighted by Gasteiger charge is 2.30. The maximum absolute atomic E-state index is 15.6. The number of piperidine rings is 1. The number of ether oxygens (including phenoxy) is 2. The van der Waals surface area contributed by atoms with E-state index in [-0.39, 0.29) is 24.1 Å². The number of rotatable bonds is 6. The summed E-state index contributed by atoms with van der Waals surface area (Å²) in [6, 6.07) is 11.1. The van der Waals surface area contributed by atoms with Crippen LogP contribution in [-0.2, 0) is 4.79 Å². The molecule has 0 saturated carbocycles. The number of pyridine rings is 1. The molecular weight excluding hydrogens is 457 g/mol. The first-order valence-electron chi connectivity index (χ1n) is 11.6. The van der Waals surface area contributed by atoms with Gasteiger partial charge in [-0.1, -0.05) is 17.7 Å². The minimum Gasteiger partial charge on any atom is -0.493 e. The molecule has 2 aromatic carbocycles. The molecule has 2 aliphatic rings. The molecule has 0 aliphatic carbocycles. The third-order valence-corrected chi connectivity index (χ3v) is 6.89. The summed E-state index contributed by atoms with van der Waals surface area (Å²) in [7, 11) is 0. The summed E-state index contributed by atoms with van der Waals surface area (Å²) in [5.41, 5.74) is 2.42. The average Bonchev–Trinajstić information content (AvgIpc) is 2.83. The van der Waals surface area contributed by atoms with Crippen LogP contribution in [0.3, 0.4) is 0 Å². The summed E-state index contributed by atoms with van der Waals surface area (Å²) in [4.78, 5) is 16.4. The molecular formula is C26H27ClFN3O3. The largest absolute Gasteiger partial charge is 0.493 e. The van der Waals surface area contributed by atoms with Crippen LogP contribution in [0.2, 0.25) is 5.02 Å². The van der Waals surface area contributed by atoms with Crippen LogP contribution in [0.25, 0.3) is 10.9 Å². The number of carbonyl (C=O) groups excluding carboxylic acids is 1. The number of benzene rings is 2. The van der Waals surface area contributed by atoms with Crippen molar-refractivity contribution in [2.24, 2.45) is 5.92 Å². The van der Waals surface area contributed by atoms with E-state index in [0.717, 1.165) is 42.5 Å². The molecule has 1 atom stereocenters. The number of carbonyl (C=O) groups is 1. The number of hydrogen-bond donors (Lipinski definition) is 2. The van der Waals surface area contributed by atoms with Crippen LogP contribution in [0.5, 0.6) is 11.5 Å². The van der Waals surface area contributed by atoms with Crippen molar-refractivity contribution in [3.8, 4) is 11.5 Å². The summed E-state index contributed by atoms with van der Waals surface area (Å²) in [6.45, 7) is 4.04. The number of aromatic nitrogens is 1. The lowest BCUT2D eigenvalue weighted by Gasteiger charge is -2.32. The van der Waals surface area contributed by atoms with Crippen molar-refractivity contribution in [3.63, 3.8) is 0 Å².